The lowest BCUT2D eigenvalue weighted by Gasteiger charge is -2.07. The zero-order valence-electron chi connectivity index (χ0n) is 10.6. The number of hydrogen-bond donors (Lipinski definition) is 0. The van der Waals surface area contributed by atoms with Gasteiger partial charge in [-0.3, -0.25) is 4.79 Å². The lowest BCUT2D eigenvalue weighted by atomic mass is 9.97. The third-order valence-electron chi connectivity index (χ3n) is 2.96. The van der Waals surface area contributed by atoms with Crippen molar-refractivity contribution >= 4 is 17.1 Å². The summed E-state index contributed by atoms with van der Waals surface area (Å²) in [4.78, 5) is 14.6. The monoisotopic (exact) mass is 244 g/mol. The Hall–Kier alpha value is -1.41. The van der Waals surface area contributed by atoms with Crippen LogP contribution in [0.4, 0.5) is 0 Å². The number of carbonyl (C=O) groups excluding carboxylic acids is 1. The Labute approximate surface area is 106 Å². The number of benzene rings is 1. The average molecular weight is 244 g/mol. The Bertz CT molecular complexity index is 558. The first kappa shape index (κ1) is 12.1. The minimum Gasteiger partial charge on any atom is -0.288 e. The third-order valence-corrected chi connectivity index (χ3v) is 4.11. The normalized spacial score (nSPS) is 10.6. The van der Waals surface area contributed by atoms with Gasteiger partial charge in [0.05, 0.1) is 4.88 Å². The van der Waals surface area contributed by atoms with Gasteiger partial charge >= 0.3 is 0 Å². The molecule has 0 amide bonds. The number of thiophene rings is 1. The first-order valence-corrected chi connectivity index (χ1v) is 6.50. The second kappa shape index (κ2) is 4.46. The van der Waals surface area contributed by atoms with Gasteiger partial charge in [-0.05, 0) is 50.5 Å². The summed E-state index contributed by atoms with van der Waals surface area (Å²) in [5, 5.41) is 0. The van der Waals surface area contributed by atoms with Crippen LogP contribution in [0.3, 0.4) is 0 Å². The highest BCUT2D eigenvalue weighted by atomic mass is 32.1. The Morgan fingerprint density at radius 2 is 1.59 bits per heavy atom. The van der Waals surface area contributed by atoms with Crippen LogP contribution in [0.5, 0.6) is 0 Å². The summed E-state index contributed by atoms with van der Waals surface area (Å²) >= 11 is 1.59. The van der Waals surface area contributed by atoms with E-state index in [1.165, 1.54) is 4.88 Å². The number of rotatable bonds is 2. The summed E-state index contributed by atoms with van der Waals surface area (Å²) in [6.45, 7) is 8.04. The van der Waals surface area contributed by atoms with Gasteiger partial charge < -0.3 is 0 Å². The molecule has 1 aromatic heterocycles. The predicted octanol–water partition coefficient (Wildman–Crippen LogP) is 4.21. The van der Waals surface area contributed by atoms with Crippen molar-refractivity contribution < 1.29 is 4.79 Å². The molecule has 0 aliphatic heterocycles. The van der Waals surface area contributed by atoms with Gasteiger partial charge in [-0.1, -0.05) is 18.2 Å². The van der Waals surface area contributed by atoms with Crippen molar-refractivity contribution in [3.8, 4) is 0 Å². The summed E-state index contributed by atoms with van der Waals surface area (Å²) in [6, 6.07) is 8.06. The van der Waals surface area contributed by atoms with Gasteiger partial charge in [-0.25, -0.2) is 0 Å². The van der Waals surface area contributed by atoms with Crippen molar-refractivity contribution in [2.75, 3.05) is 0 Å². The highest BCUT2D eigenvalue weighted by Gasteiger charge is 2.17. The van der Waals surface area contributed by atoms with Crippen LogP contribution in [-0.2, 0) is 0 Å². The fourth-order valence-corrected chi connectivity index (χ4v) is 3.13. The van der Waals surface area contributed by atoms with E-state index in [0.717, 1.165) is 27.1 Å². The molecule has 17 heavy (non-hydrogen) atoms. The number of ketones is 1. The molecule has 0 spiro atoms. The van der Waals surface area contributed by atoms with Gasteiger partial charge in [0.15, 0.2) is 0 Å². The fourth-order valence-electron chi connectivity index (χ4n) is 2.15. The van der Waals surface area contributed by atoms with Crippen LogP contribution in [0.25, 0.3) is 0 Å². The SMILES string of the molecule is Cc1cc(C)c(C(=O)c2c(C)cccc2C)s1. The van der Waals surface area contributed by atoms with Crippen LogP contribution in [0.15, 0.2) is 24.3 Å². The molecule has 0 N–H and O–H groups in total. The van der Waals surface area contributed by atoms with Crippen LogP contribution < -0.4 is 0 Å². The predicted molar refractivity (Wildman–Crippen MR) is 73.1 cm³/mol. The van der Waals surface area contributed by atoms with Crippen molar-refractivity contribution in [2.45, 2.75) is 27.7 Å². The molecular weight excluding hydrogens is 228 g/mol. The number of hydrogen-bond acceptors (Lipinski definition) is 2. The highest BCUT2D eigenvalue weighted by Crippen LogP contribution is 2.26. The first-order chi connectivity index (χ1) is 8.00. The Balaban J connectivity index is 2.55. The molecule has 1 nitrogen and oxygen atoms in total. The lowest BCUT2D eigenvalue weighted by Crippen LogP contribution is -2.05. The molecule has 0 saturated heterocycles. The summed E-state index contributed by atoms with van der Waals surface area (Å²) in [7, 11) is 0. The van der Waals surface area contributed by atoms with E-state index < -0.39 is 0 Å². The molecule has 1 aromatic carbocycles. The van der Waals surface area contributed by atoms with Gasteiger partial charge in [0, 0.05) is 10.4 Å². The minimum atomic E-state index is 0.163. The molecule has 1 heterocycles. The van der Waals surface area contributed by atoms with E-state index in [9.17, 15) is 4.79 Å². The molecule has 2 aromatic rings. The average Bonchev–Trinajstić information content (AvgIpc) is 2.57. The molecule has 0 unspecified atom stereocenters. The summed E-state index contributed by atoms with van der Waals surface area (Å²) in [5.74, 6) is 0.163. The quantitative estimate of drug-likeness (QED) is 0.723. The van der Waals surface area contributed by atoms with E-state index in [-0.39, 0.29) is 5.78 Å². The Morgan fingerprint density at radius 3 is 2.06 bits per heavy atom. The third kappa shape index (κ3) is 2.18. The van der Waals surface area contributed by atoms with Crippen molar-refractivity contribution in [2.24, 2.45) is 0 Å². The zero-order valence-corrected chi connectivity index (χ0v) is 11.4. The van der Waals surface area contributed by atoms with E-state index >= 15 is 0 Å². The van der Waals surface area contributed by atoms with Gasteiger partial charge in [0.25, 0.3) is 0 Å². The molecule has 0 radical (unpaired) electrons. The minimum absolute atomic E-state index is 0.163. The Morgan fingerprint density at radius 1 is 1.00 bits per heavy atom. The van der Waals surface area contributed by atoms with Crippen molar-refractivity contribution in [3.63, 3.8) is 0 Å². The van der Waals surface area contributed by atoms with Crippen LogP contribution in [0, 0.1) is 27.7 Å². The van der Waals surface area contributed by atoms with E-state index in [4.69, 9.17) is 0 Å². The standard InChI is InChI=1S/C15H16OS/c1-9-6-5-7-10(2)13(9)14(16)15-11(3)8-12(4)17-15/h5-8H,1-4H3. The molecule has 0 fully saturated rings. The van der Waals surface area contributed by atoms with E-state index in [2.05, 4.69) is 6.07 Å². The number of aryl methyl sites for hydroxylation is 4. The molecule has 0 aliphatic carbocycles. The van der Waals surface area contributed by atoms with E-state index in [1.807, 2.05) is 45.9 Å². The molecule has 0 saturated carbocycles. The topological polar surface area (TPSA) is 17.1 Å². The smallest absolute Gasteiger partial charge is 0.203 e. The van der Waals surface area contributed by atoms with Crippen LogP contribution in [0.2, 0.25) is 0 Å². The summed E-state index contributed by atoms with van der Waals surface area (Å²) in [6.07, 6.45) is 0. The lowest BCUT2D eigenvalue weighted by molar-refractivity contribution is 0.104. The Kier molecular flexibility index (Phi) is 3.16. The second-order valence-electron chi connectivity index (χ2n) is 4.47. The van der Waals surface area contributed by atoms with E-state index in [0.29, 0.717) is 0 Å². The molecule has 0 atom stereocenters. The van der Waals surface area contributed by atoms with Crippen molar-refractivity contribution in [3.05, 3.63) is 56.3 Å². The largest absolute Gasteiger partial charge is 0.288 e. The second-order valence-corrected chi connectivity index (χ2v) is 5.72. The molecule has 0 bridgehead atoms. The first-order valence-electron chi connectivity index (χ1n) is 5.68. The van der Waals surface area contributed by atoms with Gasteiger partial charge in [0.1, 0.15) is 0 Å². The van der Waals surface area contributed by atoms with Crippen LogP contribution in [-0.4, -0.2) is 5.78 Å². The number of carbonyl (C=O) groups is 1. The zero-order chi connectivity index (χ0) is 12.6. The van der Waals surface area contributed by atoms with Gasteiger partial charge in [-0.15, -0.1) is 11.3 Å². The van der Waals surface area contributed by atoms with Crippen LogP contribution >= 0.6 is 11.3 Å². The fraction of sp³-hybridized carbons (Fsp3) is 0.267. The van der Waals surface area contributed by atoms with Gasteiger partial charge in [0.2, 0.25) is 5.78 Å². The highest BCUT2D eigenvalue weighted by molar-refractivity contribution is 7.14. The molecule has 2 heteroatoms. The maximum absolute atomic E-state index is 12.5. The van der Waals surface area contributed by atoms with Crippen molar-refractivity contribution in [1.29, 1.82) is 0 Å². The molecule has 88 valence electrons. The van der Waals surface area contributed by atoms with Crippen molar-refractivity contribution in [1.82, 2.24) is 0 Å². The summed E-state index contributed by atoms with van der Waals surface area (Å²) < 4.78 is 0. The molecular formula is C15H16OS. The van der Waals surface area contributed by atoms with Crippen LogP contribution in [0.1, 0.15) is 36.8 Å². The summed E-state index contributed by atoms with van der Waals surface area (Å²) in [5.41, 5.74) is 4.05. The maximum Gasteiger partial charge on any atom is 0.203 e. The van der Waals surface area contributed by atoms with Gasteiger partial charge in [-0.2, -0.15) is 0 Å². The molecule has 2 rings (SSSR count). The molecule has 0 aliphatic rings. The van der Waals surface area contributed by atoms with E-state index in [1.54, 1.807) is 11.3 Å². The maximum atomic E-state index is 12.5.